The van der Waals surface area contributed by atoms with Crippen molar-refractivity contribution in [3.8, 4) is 0 Å². The summed E-state index contributed by atoms with van der Waals surface area (Å²) in [7, 11) is 0. The van der Waals surface area contributed by atoms with Crippen molar-refractivity contribution in [3.05, 3.63) is 53.3 Å². The van der Waals surface area contributed by atoms with Crippen LogP contribution in [0.4, 0.5) is 0 Å². The molecule has 1 aliphatic heterocycles. The molecule has 1 amide bonds. The molecule has 1 N–H and O–H groups in total. The van der Waals surface area contributed by atoms with Gasteiger partial charge in [-0.2, -0.15) is 5.10 Å². The van der Waals surface area contributed by atoms with Crippen molar-refractivity contribution in [2.45, 2.75) is 59.2 Å². The van der Waals surface area contributed by atoms with Crippen molar-refractivity contribution in [1.29, 1.82) is 0 Å². The molecule has 146 valence electrons. The Bertz CT molecular complexity index is 747. The van der Waals surface area contributed by atoms with E-state index in [-0.39, 0.29) is 17.9 Å². The molecule has 1 saturated heterocycles. The van der Waals surface area contributed by atoms with Crippen LogP contribution in [-0.2, 0) is 11.3 Å². The molecule has 2 heterocycles. The highest BCUT2D eigenvalue weighted by Gasteiger charge is 2.26. The number of aromatic nitrogens is 2. The van der Waals surface area contributed by atoms with E-state index in [9.17, 15) is 4.79 Å². The smallest absolute Gasteiger partial charge is 0.224 e. The van der Waals surface area contributed by atoms with Gasteiger partial charge in [0.2, 0.25) is 5.91 Å². The fourth-order valence-electron chi connectivity index (χ4n) is 3.92. The minimum Gasteiger partial charge on any atom is -0.353 e. The van der Waals surface area contributed by atoms with Crippen molar-refractivity contribution < 1.29 is 4.79 Å². The fraction of sp³-hybridized carbons (Fsp3) is 0.545. The Balaban J connectivity index is 1.47. The second-order valence-corrected chi connectivity index (χ2v) is 7.92. The number of carbonyl (C=O) groups is 1. The Morgan fingerprint density at radius 3 is 2.44 bits per heavy atom. The van der Waals surface area contributed by atoms with Crippen molar-refractivity contribution in [1.82, 2.24) is 20.0 Å². The summed E-state index contributed by atoms with van der Waals surface area (Å²) in [6.45, 7) is 10.9. The maximum atomic E-state index is 12.6. The number of likely N-dealkylation sites (tertiary alicyclic amines) is 1. The van der Waals surface area contributed by atoms with E-state index >= 15 is 0 Å². The largest absolute Gasteiger partial charge is 0.353 e. The summed E-state index contributed by atoms with van der Waals surface area (Å²) >= 11 is 0. The molecule has 1 aliphatic rings. The van der Waals surface area contributed by atoms with Gasteiger partial charge in [-0.15, -0.1) is 0 Å². The topological polar surface area (TPSA) is 50.2 Å². The van der Waals surface area contributed by atoms with Gasteiger partial charge >= 0.3 is 0 Å². The third-order valence-corrected chi connectivity index (χ3v) is 5.70. The quantitative estimate of drug-likeness (QED) is 0.849. The van der Waals surface area contributed by atoms with Gasteiger partial charge in [0.05, 0.1) is 18.2 Å². The van der Waals surface area contributed by atoms with E-state index in [4.69, 9.17) is 0 Å². The SMILES string of the molecule is Cc1cc(C)n(CC(C)C(=O)NC2CCN(C(C)c3ccccc3)CC2)n1. The lowest BCUT2D eigenvalue weighted by molar-refractivity contribution is -0.126. The van der Waals surface area contributed by atoms with Gasteiger partial charge in [0.1, 0.15) is 0 Å². The van der Waals surface area contributed by atoms with Crippen LogP contribution in [0, 0.1) is 19.8 Å². The minimum absolute atomic E-state index is 0.0794. The van der Waals surface area contributed by atoms with Crippen LogP contribution >= 0.6 is 0 Å². The maximum Gasteiger partial charge on any atom is 0.224 e. The third-order valence-electron chi connectivity index (χ3n) is 5.70. The van der Waals surface area contributed by atoms with E-state index in [0.717, 1.165) is 37.3 Å². The Hall–Kier alpha value is -2.14. The van der Waals surface area contributed by atoms with Gasteiger partial charge in [-0.05, 0) is 45.2 Å². The van der Waals surface area contributed by atoms with E-state index in [1.54, 1.807) is 0 Å². The molecule has 3 rings (SSSR count). The van der Waals surface area contributed by atoms with Gasteiger partial charge in [0, 0.05) is 30.9 Å². The van der Waals surface area contributed by atoms with Crippen LogP contribution in [0.25, 0.3) is 0 Å². The molecule has 2 atom stereocenters. The lowest BCUT2D eigenvalue weighted by Gasteiger charge is -2.36. The van der Waals surface area contributed by atoms with E-state index in [1.165, 1.54) is 5.56 Å². The van der Waals surface area contributed by atoms with Crippen LogP contribution in [-0.4, -0.2) is 39.7 Å². The number of hydrogen-bond acceptors (Lipinski definition) is 3. The molecule has 1 aromatic carbocycles. The zero-order valence-electron chi connectivity index (χ0n) is 17.0. The number of carbonyl (C=O) groups excluding carboxylic acids is 1. The number of rotatable bonds is 6. The van der Waals surface area contributed by atoms with Gasteiger partial charge in [-0.1, -0.05) is 37.3 Å². The number of amides is 1. The molecule has 2 aromatic rings. The summed E-state index contributed by atoms with van der Waals surface area (Å²) in [4.78, 5) is 15.1. The highest BCUT2D eigenvalue weighted by molar-refractivity contribution is 5.78. The first kappa shape index (κ1) is 19.6. The van der Waals surface area contributed by atoms with E-state index < -0.39 is 0 Å². The lowest BCUT2D eigenvalue weighted by Crippen LogP contribution is -2.47. The van der Waals surface area contributed by atoms with E-state index in [0.29, 0.717) is 12.6 Å². The number of nitrogens with zero attached hydrogens (tertiary/aromatic N) is 3. The van der Waals surface area contributed by atoms with Crippen molar-refractivity contribution in [2.24, 2.45) is 5.92 Å². The zero-order chi connectivity index (χ0) is 19.4. The first-order valence-electron chi connectivity index (χ1n) is 10.0. The van der Waals surface area contributed by atoms with E-state index in [2.05, 4.69) is 52.6 Å². The van der Waals surface area contributed by atoms with Crippen molar-refractivity contribution in [2.75, 3.05) is 13.1 Å². The average Bonchev–Trinajstić information content (AvgIpc) is 2.99. The Morgan fingerprint density at radius 2 is 1.85 bits per heavy atom. The van der Waals surface area contributed by atoms with Crippen LogP contribution in [0.3, 0.4) is 0 Å². The first-order chi connectivity index (χ1) is 12.9. The summed E-state index contributed by atoms with van der Waals surface area (Å²) in [6, 6.07) is 13.4. The Labute approximate surface area is 162 Å². The monoisotopic (exact) mass is 368 g/mol. The standard InChI is InChI=1S/C22H32N4O/c1-16(15-26-18(3)14-17(2)24-26)22(27)23-21-10-12-25(13-11-21)19(4)20-8-6-5-7-9-20/h5-9,14,16,19,21H,10-13,15H2,1-4H3,(H,23,27). The van der Waals surface area contributed by atoms with Crippen LogP contribution in [0.5, 0.6) is 0 Å². The fourth-order valence-corrected chi connectivity index (χ4v) is 3.92. The second kappa shape index (κ2) is 8.70. The van der Waals surface area contributed by atoms with Gasteiger partial charge < -0.3 is 5.32 Å². The summed E-state index contributed by atoms with van der Waals surface area (Å²) in [5.74, 6) is 0.0568. The van der Waals surface area contributed by atoms with Crippen molar-refractivity contribution >= 4 is 5.91 Å². The van der Waals surface area contributed by atoms with Gasteiger partial charge in [0.25, 0.3) is 0 Å². The molecule has 0 spiro atoms. The molecule has 0 saturated carbocycles. The normalized spacial score (nSPS) is 18.2. The van der Waals surface area contributed by atoms with Gasteiger partial charge in [-0.25, -0.2) is 0 Å². The minimum atomic E-state index is -0.0794. The molecule has 27 heavy (non-hydrogen) atoms. The molecule has 1 fully saturated rings. The van der Waals surface area contributed by atoms with Crippen LogP contribution in [0.2, 0.25) is 0 Å². The molecule has 0 radical (unpaired) electrons. The summed E-state index contributed by atoms with van der Waals surface area (Å²) in [5.41, 5.74) is 3.47. The number of benzene rings is 1. The zero-order valence-corrected chi connectivity index (χ0v) is 17.0. The molecular weight excluding hydrogens is 336 g/mol. The molecule has 0 bridgehead atoms. The highest BCUT2D eigenvalue weighted by Crippen LogP contribution is 2.24. The number of aryl methyl sites for hydroxylation is 2. The first-order valence-corrected chi connectivity index (χ1v) is 10.0. The van der Waals surface area contributed by atoms with Gasteiger partial charge in [0.15, 0.2) is 0 Å². The van der Waals surface area contributed by atoms with Crippen LogP contribution < -0.4 is 5.32 Å². The van der Waals surface area contributed by atoms with Crippen molar-refractivity contribution in [3.63, 3.8) is 0 Å². The Morgan fingerprint density at radius 1 is 1.19 bits per heavy atom. The molecule has 1 aromatic heterocycles. The van der Waals surface area contributed by atoms with Crippen LogP contribution in [0.15, 0.2) is 36.4 Å². The summed E-state index contributed by atoms with van der Waals surface area (Å²) in [6.07, 6.45) is 2.02. The predicted molar refractivity (Wildman–Crippen MR) is 108 cm³/mol. The maximum absolute atomic E-state index is 12.6. The molecule has 2 unspecified atom stereocenters. The molecule has 0 aliphatic carbocycles. The molecular formula is C22H32N4O. The Kier molecular flexibility index (Phi) is 6.32. The molecule has 5 heteroatoms. The third kappa shape index (κ3) is 4.98. The van der Waals surface area contributed by atoms with E-state index in [1.807, 2.05) is 31.5 Å². The second-order valence-electron chi connectivity index (χ2n) is 7.92. The van der Waals surface area contributed by atoms with Gasteiger partial charge in [-0.3, -0.25) is 14.4 Å². The van der Waals surface area contributed by atoms with Crippen LogP contribution in [0.1, 0.15) is 49.7 Å². The lowest BCUT2D eigenvalue weighted by atomic mass is 9.99. The highest BCUT2D eigenvalue weighted by atomic mass is 16.2. The average molecular weight is 369 g/mol. The summed E-state index contributed by atoms with van der Waals surface area (Å²) < 4.78 is 1.93. The summed E-state index contributed by atoms with van der Waals surface area (Å²) in [5, 5.41) is 7.73. The number of piperidine rings is 1. The predicted octanol–water partition coefficient (Wildman–Crippen LogP) is 3.48. The number of hydrogen-bond donors (Lipinski definition) is 1. The number of nitrogens with one attached hydrogen (secondary N) is 1. The molecule has 5 nitrogen and oxygen atoms in total.